The standard InChI is InChI=1S/C25H24ClN3O3/c1-12-9-14(3)21-16(10-12)25(24(32)27-21)20-19(17-5-4-8-28(17)25)22(30)29(23(20)31)18-11-15(26)7-6-13(18)2/h6-7,9-11,17,19-20H,4-5,8H2,1-3H3,(H,27,32)/t17-,19-,20-,25+/m0/s1. The van der Waals surface area contributed by atoms with Crippen LogP contribution in [0.25, 0.3) is 0 Å². The van der Waals surface area contributed by atoms with E-state index in [1.807, 2.05) is 39.0 Å². The zero-order chi connectivity index (χ0) is 22.5. The largest absolute Gasteiger partial charge is 0.324 e. The first-order chi connectivity index (χ1) is 15.3. The summed E-state index contributed by atoms with van der Waals surface area (Å²) in [4.78, 5) is 45.0. The monoisotopic (exact) mass is 449 g/mol. The van der Waals surface area contributed by atoms with Crippen LogP contribution in [0.5, 0.6) is 0 Å². The lowest BCUT2D eigenvalue weighted by atomic mass is 9.75. The average molecular weight is 450 g/mol. The van der Waals surface area contributed by atoms with Gasteiger partial charge in [0.15, 0.2) is 0 Å². The molecule has 164 valence electrons. The number of anilines is 2. The van der Waals surface area contributed by atoms with E-state index in [1.165, 1.54) is 4.90 Å². The van der Waals surface area contributed by atoms with Crippen LogP contribution < -0.4 is 10.2 Å². The van der Waals surface area contributed by atoms with Crippen molar-refractivity contribution in [3.63, 3.8) is 0 Å². The SMILES string of the molecule is Cc1cc(C)c2c(c1)[C@]1(C(=O)N2)[C@@H]2C(=O)N(c3cc(Cl)ccc3C)C(=O)[C@H]2[C@@H]2CCCN21. The summed E-state index contributed by atoms with van der Waals surface area (Å²) >= 11 is 6.22. The summed E-state index contributed by atoms with van der Waals surface area (Å²) in [7, 11) is 0. The highest BCUT2D eigenvalue weighted by Crippen LogP contribution is 2.61. The van der Waals surface area contributed by atoms with Gasteiger partial charge in [-0.25, -0.2) is 4.90 Å². The summed E-state index contributed by atoms with van der Waals surface area (Å²) < 4.78 is 0. The molecule has 0 radical (unpaired) electrons. The van der Waals surface area contributed by atoms with Gasteiger partial charge in [0.05, 0.1) is 17.5 Å². The van der Waals surface area contributed by atoms with E-state index in [0.717, 1.165) is 40.8 Å². The average Bonchev–Trinajstić information content (AvgIpc) is 3.43. The van der Waals surface area contributed by atoms with Crippen molar-refractivity contribution in [1.29, 1.82) is 0 Å². The highest BCUT2D eigenvalue weighted by atomic mass is 35.5. The second-order valence-corrected chi connectivity index (χ2v) is 10.0. The first kappa shape index (κ1) is 19.9. The van der Waals surface area contributed by atoms with Crippen molar-refractivity contribution in [1.82, 2.24) is 4.90 Å². The third-order valence-corrected chi connectivity index (χ3v) is 8.09. The Morgan fingerprint density at radius 1 is 1.03 bits per heavy atom. The Bertz CT molecular complexity index is 1240. The Hall–Kier alpha value is -2.70. The summed E-state index contributed by atoms with van der Waals surface area (Å²) in [6.07, 6.45) is 1.71. The number of nitrogens with zero attached hydrogens (tertiary/aromatic N) is 2. The lowest BCUT2D eigenvalue weighted by molar-refractivity contribution is -0.135. The van der Waals surface area contributed by atoms with E-state index >= 15 is 0 Å². The van der Waals surface area contributed by atoms with Gasteiger partial charge in [0.25, 0.3) is 0 Å². The fourth-order valence-corrected chi connectivity index (χ4v) is 6.89. The lowest BCUT2D eigenvalue weighted by Crippen LogP contribution is -2.54. The van der Waals surface area contributed by atoms with Gasteiger partial charge in [-0.2, -0.15) is 0 Å². The molecule has 6 rings (SSSR count). The van der Waals surface area contributed by atoms with Crippen molar-refractivity contribution < 1.29 is 14.4 Å². The quantitative estimate of drug-likeness (QED) is 0.674. The predicted octanol–water partition coefficient (Wildman–Crippen LogP) is 3.70. The molecule has 0 aromatic heterocycles. The normalized spacial score (nSPS) is 30.8. The Morgan fingerprint density at radius 3 is 2.59 bits per heavy atom. The number of fused-ring (bicyclic) bond motifs is 7. The van der Waals surface area contributed by atoms with E-state index in [1.54, 1.807) is 12.1 Å². The van der Waals surface area contributed by atoms with Crippen molar-refractivity contribution in [2.75, 3.05) is 16.8 Å². The molecule has 0 saturated carbocycles. The number of hydrogen-bond donors (Lipinski definition) is 1. The zero-order valence-electron chi connectivity index (χ0n) is 18.2. The number of rotatable bonds is 1. The van der Waals surface area contributed by atoms with Crippen LogP contribution in [0.15, 0.2) is 30.3 Å². The minimum absolute atomic E-state index is 0.126. The first-order valence-electron chi connectivity index (χ1n) is 11.1. The van der Waals surface area contributed by atoms with E-state index < -0.39 is 17.4 Å². The number of benzene rings is 2. The van der Waals surface area contributed by atoms with Crippen LogP contribution in [0.3, 0.4) is 0 Å². The minimum Gasteiger partial charge on any atom is -0.324 e. The number of imide groups is 1. The van der Waals surface area contributed by atoms with Crippen molar-refractivity contribution >= 4 is 40.7 Å². The van der Waals surface area contributed by atoms with Crippen molar-refractivity contribution in [3.8, 4) is 0 Å². The van der Waals surface area contributed by atoms with Gasteiger partial charge in [-0.1, -0.05) is 35.4 Å². The molecule has 7 heteroatoms. The molecule has 3 amide bonds. The van der Waals surface area contributed by atoms with Gasteiger partial charge < -0.3 is 5.32 Å². The third kappa shape index (κ3) is 2.22. The van der Waals surface area contributed by atoms with Crippen LogP contribution in [0.1, 0.15) is 35.1 Å². The summed E-state index contributed by atoms with van der Waals surface area (Å²) in [6.45, 7) is 6.54. The number of aryl methyl sites for hydroxylation is 3. The summed E-state index contributed by atoms with van der Waals surface area (Å²) in [5.41, 5.74) is 3.80. The summed E-state index contributed by atoms with van der Waals surface area (Å²) in [5.74, 6) is -2.00. The van der Waals surface area contributed by atoms with Crippen LogP contribution in [-0.2, 0) is 19.9 Å². The molecule has 0 unspecified atom stereocenters. The summed E-state index contributed by atoms with van der Waals surface area (Å²) in [6, 6.07) is 9.16. The Balaban J connectivity index is 1.59. The second-order valence-electron chi connectivity index (χ2n) is 9.57. The molecule has 6 nitrogen and oxygen atoms in total. The Labute approximate surface area is 191 Å². The molecular weight excluding hydrogens is 426 g/mol. The number of hydrogen-bond acceptors (Lipinski definition) is 4. The number of amides is 3. The van der Waals surface area contributed by atoms with Crippen molar-refractivity contribution in [2.45, 2.75) is 45.2 Å². The fraction of sp³-hybridized carbons (Fsp3) is 0.400. The highest BCUT2D eigenvalue weighted by Gasteiger charge is 2.74. The number of carbonyl (C=O) groups is 3. The van der Waals surface area contributed by atoms with Crippen LogP contribution in [0.2, 0.25) is 5.02 Å². The molecule has 3 saturated heterocycles. The van der Waals surface area contributed by atoms with E-state index in [2.05, 4.69) is 10.2 Å². The topological polar surface area (TPSA) is 69.7 Å². The molecule has 2 aromatic carbocycles. The van der Waals surface area contributed by atoms with E-state index in [-0.39, 0.29) is 23.8 Å². The van der Waals surface area contributed by atoms with E-state index in [0.29, 0.717) is 17.3 Å². The van der Waals surface area contributed by atoms with Gasteiger partial charge in [-0.3, -0.25) is 19.3 Å². The van der Waals surface area contributed by atoms with E-state index in [9.17, 15) is 14.4 Å². The fourth-order valence-electron chi connectivity index (χ4n) is 6.72. The molecule has 0 aliphatic carbocycles. The van der Waals surface area contributed by atoms with Crippen LogP contribution in [0.4, 0.5) is 11.4 Å². The molecule has 1 N–H and O–H groups in total. The highest BCUT2D eigenvalue weighted by molar-refractivity contribution is 6.32. The third-order valence-electron chi connectivity index (χ3n) is 7.86. The van der Waals surface area contributed by atoms with E-state index in [4.69, 9.17) is 11.6 Å². The molecule has 1 spiro atoms. The molecule has 4 atom stereocenters. The van der Waals surface area contributed by atoms with Crippen LogP contribution in [0, 0.1) is 32.6 Å². The smallest absolute Gasteiger partial charge is 0.250 e. The first-order valence-corrected chi connectivity index (χ1v) is 11.5. The molecule has 32 heavy (non-hydrogen) atoms. The predicted molar refractivity (Wildman–Crippen MR) is 122 cm³/mol. The van der Waals surface area contributed by atoms with Gasteiger partial charge in [0.1, 0.15) is 5.54 Å². The number of nitrogens with one attached hydrogen (secondary N) is 1. The Kier molecular flexibility index (Phi) is 4.00. The van der Waals surface area contributed by atoms with Gasteiger partial charge in [-0.05, 0) is 63.4 Å². The second kappa shape index (κ2) is 6.42. The molecular formula is C25H24ClN3O3. The molecule has 4 aliphatic rings. The number of carbonyl (C=O) groups excluding carboxylic acids is 3. The van der Waals surface area contributed by atoms with Gasteiger partial charge in [0, 0.05) is 22.3 Å². The lowest BCUT2D eigenvalue weighted by Gasteiger charge is -2.37. The number of halogens is 1. The van der Waals surface area contributed by atoms with Gasteiger partial charge in [-0.15, -0.1) is 0 Å². The zero-order valence-corrected chi connectivity index (χ0v) is 19.0. The van der Waals surface area contributed by atoms with Crippen LogP contribution >= 0.6 is 11.6 Å². The molecule has 4 heterocycles. The molecule has 2 aromatic rings. The van der Waals surface area contributed by atoms with Crippen molar-refractivity contribution in [3.05, 3.63) is 57.6 Å². The maximum atomic E-state index is 14.0. The Morgan fingerprint density at radius 2 is 1.81 bits per heavy atom. The van der Waals surface area contributed by atoms with Gasteiger partial charge in [0.2, 0.25) is 17.7 Å². The maximum absolute atomic E-state index is 14.0. The van der Waals surface area contributed by atoms with Crippen LogP contribution in [-0.4, -0.2) is 35.2 Å². The summed E-state index contributed by atoms with van der Waals surface area (Å²) in [5, 5.41) is 3.55. The molecule has 3 fully saturated rings. The maximum Gasteiger partial charge on any atom is 0.250 e. The van der Waals surface area contributed by atoms with Gasteiger partial charge >= 0.3 is 0 Å². The van der Waals surface area contributed by atoms with Crippen molar-refractivity contribution in [2.24, 2.45) is 11.8 Å². The minimum atomic E-state index is -1.15. The molecule has 0 bridgehead atoms. The molecule has 4 aliphatic heterocycles.